The Labute approximate surface area is 150 Å². The molecule has 3 rings (SSSR count). The van der Waals surface area contributed by atoms with Gasteiger partial charge in [0, 0.05) is 23.8 Å². The molecule has 1 amide bonds. The van der Waals surface area contributed by atoms with E-state index in [1.54, 1.807) is 0 Å². The number of carbonyl (C=O) groups excluding carboxylic acids is 1. The molecule has 1 unspecified atom stereocenters. The average molecular weight is 334 g/mol. The van der Waals surface area contributed by atoms with E-state index in [1.165, 1.54) is 16.7 Å². The van der Waals surface area contributed by atoms with Gasteiger partial charge in [-0.1, -0.05) is 48.5 Å². The molecule has 0 spiro atoms. The molecule has 3 heteroatoms. The number of hydrogen-bond acceptors (Lipinski definition) is 2. The van der Waals surface area contributed by atoms with Gasteiger partial charge in [-0.25, -0.2) is 0 Å². The molecular formula is C22H26N2O. The molecule has 1 N–H and O–H groups in total. The summed E-state index contributed by atoms with van der Waals surface area (Å²) in [6, 6.07) is 17.2. The van der Waals surface area contributed by atoms with E-state index in [1.807, 2.05) is 38.1 Å². The number of anilines is 1. The third-order valence-electron chi connectivity index (χ3n) is 5.15. The fraction of sp³-hybridized carbons (Fsp3) is 0.318. The molecule has 0 saturated heterocycles. The Morgan fingerprint density at radius 2 is 1.92 bits per heavy atom. The van der Waals surface area contributed by atoms with Crippen molar-refractivity contribution in [1.29, 1.82) is 0 Å². The van der Waals surface area contributed by atoms with Gasteiger partial charge in [-0.15, -0.1) is 0 Å². The number of rotatable bonds is 4. The Hall–Kier alpha value is -2.39. The first-order chi connectivity index (χ1) is 12.1. The number of para-hydroxylation sites is 1. The van der Waals surface area contributed by atoms with Crippen LogP contribution in [0.1, 0.15) is 36.6 Å². The number of fused-ring (bicyclic) bond motifs is 1. The Bertz CT molecular complexity index is 794. The van der Waals surface area contributed by atoms with Crippen molar-refractivity contribution in [3.63, 3.8) is 0 Å². The normalized spacial score (nSPS) is 17.9. The fourth-order valence-corrected chi connectivity index (χ4v) is 3.42. The van der Waals surface area contributed by atoms with Crippen molar-refractivity contribution in [1.82, 2.24) is 4.90 Å². The van der Waals surface area contributed by atoms with Gasteiger partial charge in [-0.2, -0.15) is 0 Å². The molecule has 0 aromatic heterocycles. The summed E-state index contributed by atoms with van der Waals surface area (Å²) in [4.78, 5) is 14.7. The van der Waals surface area contributed by atoms with Crippen molar-refractivity contribution in [2.75, 3.05) is 18.9 Å². The molecule has 2 aromatic carbocycles. The zero-order valence-corrected chi connectivity index (χ0v) is 15.3. The number of nitrogens with zero attached hydrogens (tertiary/aromatic N) is 1. The highest BCUT2D eigenvalue weighted by molar-refractivity contribution is 6.03. The zero-order chi connectivity index (χ0) is 17.8. The van der Waals surface area contributed by atoms with Crippen LogP contribution in [0.25, 0.3) is 0 Å². The van der Waals surface area contributed by atoms with Crippen LogP contribution in [0.3, 0.4) is 0 Å². The van der Waals surface area contributed by atoms with Crippen molar-refractivity contribution in [2.45, 2.75) is 32.7 Å². The largest absolute Gasteiger partial charge is 0.322 e. The molecule has 1 aliphatic rings. The summed E-state index contributed by atoms with van der Waals surface area (Å²) in [5.41, 5.74) is 5.66. The number of nitrogens with one attached hydrogen (secondary N) is 1. The maximum Gasteiger partial charge on any atom is 0.250 e. The summed E-state index contributed by atoms with van der Waals surface area (Å²) in [6.07, 6.45) is 3.82. The SMILES string of the molecule is C/C=C(\C)C(=O)Nc1ccccc1CC1c2ccccc2CCN1C. The molecule has 0 fully saturated rings. The number of amides is 1. The number of allylic oxidation sites excluding steroid dienone is 1. The van der Waals surface area contributed by atoms with E-state index in [-0.39, 0.29) is 5.91 Å². The van der Waals surface area contributed by atoms with Gasteiger partial charge in [-0.3, -0.25) is 9.69 Å². The first kappa shape index (κ1) is 17.4. The van der Waals surface area contributed by atoms with Crippen LogP contribution in [0.2, 0.25) is 0 Å². The molecule has 1 aliphatic heterocycles. The van der Waals surface area contributed by atoms with Gasteiger partial charge in [-0.05, 0) is 56.5 Å². The average Bonchev–Trinajstić information content (AvgIpc) is 2.64. The van der Waals surface area contributed by atoms with E-state index >= 15 is 0 Å². The van der Waals surface area contributed by atoms with Gasteiger partial charge in [0.2, 0.25) is 0 Å². The monoisotopic (exact) mass is 334 g/mol. The maximum absolute atomic E-state index is 12.3. The Morgan fingerprint density at radius 1 is 1.20 bits per heavy atom. The highest BCUT2D eigenvalue weighted by Gasteiger charge is 2.25. The molecule has 130 valence electrons. The molecule has 0 bridgehead atoms. The minimum absolute atomic E-state index is 0.0349. The molecule has 2 aromatic rings. The van der Waals surface area contributed by atoms with E-state index in [9.17, 15) is 4.79 Å². The standard InChI is InChI=1S/C22H26N2O/c1-4-16(2)22(25)23-20-12-8-6-10-18(20)15-21-19-11-7-5-9-17(19)13-14-24(21)3/h4-12,21H,13-15H2,1-3H3,(H,23,25)/b16-4+. The summed E-state index contributed by atoms with van der Waals surface area (Å²) in [5.74, 6) is -0.0349. The predicted octanol–water partition coefficient (Wildman–Crippen LogP) is 4.36. The van der Waals surface area contributed by atoms with Crippen molar-refractivity contribution in [3.05, 3.63) is 76.9 Å². The lowest BCUT2D eigenvalue weighted by atomic mass is 9.88. The molecule has 1 heterocycles. The molecule has 25 heavy (non-hydrogen) atoms. The van der Waals surface area contributed by atoms with Crippen LogP contribution in [0.4, 0.5) is 5.69 Å². The summed E-state index contributed by atoms with van der Waals surface area (Å²) < 4.78 is 0. The zero-order valence-electron chi connectivity index (χ0n) is 15.3. The Kier molecular flexibility index (Phi) is 5.34. The predicted molar refractivity (Wildman–Crippen MR) is 104 cm³/mol. The van der Waals surface area contributed by atoms with E-state index in [2.05, 4.69) is 47.6 Å². The van der Waals surface area contributed by atoms with Crippen molar-refractivity contribution in [2.24, 2.45) is 0 Å². The van der Waals surface area contributed by atoms with Gasteiger partial charge >= 0.3 is 0 Å². The van der Waals surface area contributed by atoms with Gasteiger partial charge in [0.1, 0.15) is 0 Å². The van der Waals surface area contributed by atoms with E-state index in [0.717, 1.165) is 30.6 Å². The number of hydrogen-bond donors (Lipinski definition) is 1. The fourth-order valence-electron chi connectivity index (χ4n) is 3.42. The molecule has 0 saturated carbocycles. The third kappa shape index (κ3) is 3.83. The summed E-state index contributed by atoms with van der Waals surface area (Å²) in [7, 11) is 2.19. The quantitative estimate of drug-likeness (QED) is 0.843. The van der Waals surface area contributed by atoms with Crippen LogP contribution >= 0.6 is 0 Å². The molecule has 0 radical (unpaired) electrons. The number of carbonyl (C=O) groups is 1. The van der Waals surface area contributed by atoms with Crippen LogP contribution in [-0.4, -0.2) is 24.4 Å². The van der Waals surface area contributed by atoms with Crippen LogP contribution in [0.15, 0.2) is 60.2 Å². The molecule has 1 atom stereocenters. The first-order valence-electron chi connectivity index (χ1n) is 8.90. The highest BCUT2D eigenvalue weighted by Crippen LogP contribution is 2.33. The van der Waals surface area contributed by atoms with Gasteiger partial charge in [0.15, 0.2) is 0 Å². The number of benzene rings is 2. The molecule has 3 nitrogen and oxygen atoms in total. The second kappa shape index (κ2) is 7.66. The topological polar surface area (TPSA) is 32.3 Å². The highest BCUT2D eigenvalue weighted by atomic mass is 16.1. The van der Waals surface area contributed by atoms with Crippen LogP contribution in [-0.2, 0) is 17.6 Å². The van der Waals surface area contributed by atoms with Crippen LogP contribution < -0.4 is 5.32 Å². The van der Waals surface area contributed by atoms with E-state index in [0.29, 0.717) is 6.04 Å². The van der Waals surface area contributed by atoms with Crippen molar-refractivity contribution >= 4 is 11.6 Å². The Balaban J connectivity index is 1.88. The molecular weight excluding hydrogens is 308 g/mol. The minimum Gasteiger partial charge on any atom is -0.322 e. The van der Waals surface area contributed by atoms with Crippen LogP contribution in [0, 0.1) is 0 Å². The van der Waals surface area contributed by atoms with E-state index in [4.69, 9.17) is 0 Å². The molecule has 0 aliphatic carbocycles. The van der Waals surface area contributed by atoms with Crippen molar-refractivity contribution in [3.8, 4) is 0 Å². The first-order valence-corrected chi connectivity index (χ1v) is 8.90. The van der Waals surface area contributed by atoms with E-state index < -0.39 is 0 Å². The second-order valence-corrected chi connectivity index (χ2v) is 6.73. The summed E-state index contributed by atoms with van der Waals surface area (Å²) >= 11 is 0. The van der Waals surface area contributed by atoms with Crippen molar-refractivity contribution < 1.29 is 4.79 Å². The number of likely N-dealkylation sites (N-methyl/N-ethyl adjacent to an activating group) is 1. The third-order valence-corrected chi connectivity index (χ3v) is 5.15. The second-order valence-electron chi connectivity index (χ2n) is 6.73. The lowest BCUT2D eigenvalue weighted by Crippen LogP contribution is -2.33. The summed E-state index contributed by atoms with van der Waals surface area (Å²) in [5, 5.41) is 3.06. The lowest BCUT2D eigenvalue weighted by molar-refractivity contribution is -0.112. The Morgan fingerprint density at radius 3 is 2.72 bits per heavy atom. The van der Waals surface area contributed by atoms with Gasteiger partial charge in [0.25, 0.3) is 5.91 Å². The minimum atomic E-state index is -0.0349. The lowest BCUT2D eigenvalue weighted by Gasteiger charge is -2.35. The van der Waals surface area contributed by atoms with Gasteiger partial charge in [0.05, 0.1) is 0 Å². The smallest absolute Gasteiger partial charge is 0.250 e. The van der Waals surface area contributed by atoms with Crippen LogP contribution in [0.5, 0.6) is 0 Å². The van der Waals surface area contributed by atoms with Gasteiger partial charge < -0.3 is 5.32 Å². The summed E-state index contributed by atoms with van der Waals surface area (Å²) in [6.45, 7) is 4.78. The maximum atomic E-state index is 12.3.